The van der Waals surface area contributed by atoms with Crippen molar-refractivity contribution in [3.8, 4) is 0 Å². The summed E-state index contributed by atoms with van der Waals surface area (Å²) in [5.74, 6) is 0. The van der Waals surface area contributed by atoms with Crippen LogP contribution >= 0.6 is 0 Å². The van der Waals surface area contributed by atoms with E-state index in [2.05, 4.69) is 31.1 Å². The third-order valence-electron chi connectivity index (χ3n) is 3.63. The minimum absolute atomic E-state index is 0.121. The summed E-state index contributed by atoms with van der Waals surface area (Å²) in [6.07, 6.45) is 11.8. The Labute approximate surface area is 125 Å². The molecule has 1 aliphatic heterocycles. The summed E-state index contributed by atoms with van der Waals surface area (Å²) in [4.78, 5) is 2.43. The molecule has 0 amide bonds. The zero-order valence-corrected chi connectivity index (χ0v) is 13.4. The zero-order chi connectivity index (χ0) is 15.4. The van der Waals surface area contributed by atoms with E-state index in [-0.39, 0.29) is 5.41 Å². The first-order valence-electron chi connectivity index (χ1n) is 7.57. The van der Waals surface area contributed by atoms with Crippen molar-refractivity contribution in [2.24, 2.45) is 5.41 Å². The van der Waals surface area contributed by atoms with Crippen molar-refractivity contribution >= 4 is 0 Å². The second-order valence-electron chi connectivity index (χ2n) is 5.32. The van der Waals surface area contributed by atoms with E-state index in [1.807, 2.05) is 32.1 Å². The summed E-state index contributed by atoms with van der Waals surface area (Å²) < 4.78 is 0. The summed E-state index contributed by atoms with van der Waals surface area (Å²) in [5.41, 5.74) is 1.37. The highest BCUT2D eigenvalue weighted by atomic mass is 16.3. The number of aliphatic hydroxyl groups is 1. The van der Waals surface area contributed by atoms with Gasteiger partial charge in [-0.05, 0) is 36.9 Å². The number of hydrogen-bond donors (Lipinski definition) is 1. The maximum Gasteiger partial charge on any atom is 0.0485 e. The van der Waals surface area contributed by atoms with Crippen molar-refractivity contribution in [3.63, 3.8) is 0 Å². The van der Waals surface area contributed by atoms with E-state index >= 15 is 0 Å². The third kappa shape index (κ3) is 6.88. The van der Waals surface area contributed by atoms with Crippen LogP contribution < -0.4 is 0 Å². The number of likely N-dealkylation sites (tertiary alicyclic amines) is 1. The summed E-state index contributed by atoms with van der Waals surface area (Å²) in [6.45, 7) is 16.9. The van der Waals surface area contributed by atoms with E-state index in [0.29, 0.717) is 6.61 Å². The molecular formula is C18H31NO. The Kier molecular flexibility index (Phi) is 10.0. The fraction of sp³-hybridized carbons (Fsp3) is 0.556. The molecule has 1 saturated heterocycles. The predicted molar refractivity (Wildman–Crippen MR) is 89.8 cm³/mol. The Balaban J connectivity index is 0.00000172. The number of hydrogen-bond acceptors (Lipinski definition) is 2. The minimum Gasteiger partial charge on any atom is -0.396 e. The molecule has 0 saturated carbocycles. The second-order valence-corrected chi connectivity index (χ2v) is 5.32. The van der Waals surface area contributed by atoms with E-state index in [0.717, 1.165) is 32.5 Å². The fourth-order valence-corrected chi connectivity index (χ4v) is 2.17. The summed E-state index contributed by atoms with van der Waals surface area (Å²) >= 11 is 0. The van der Waals surface area contributed by atoms with E-state index in [4.69, 9.17) is 0 Å². The van der Waals surface area contributed by atoms with Crippen LogP contribution in [0.2, 0.25) is 0 Å². The molecule has 0 aromatic rings. The molecule has 20 heavy (non-hydrogen) atoms. The van der Waals surface area contributed by atoms with E-state index in [1.54, 1.807) is 6.08 Å². The highest BCUT2D eigenvalue weighted by Gasteiger charge is 2.29. The first-order chi connectivity index (χ1) is 9.63. The van der Waals surface area contributed by atoms with Gasteiger partial charge in [-0.15, -0.1) is 0 Å². The monoisotopic (exact) mass is 277 g/mol. The molecular weight excluding hydrogens is 246 g/mol. The lowest BCUT2D eigenvalue weighted by molar-refractivity contribution is 0.0627. The molecule has 0 bridgehead atoms. The molecule has 1 N–H and O–H groups in total. The molecule has 0 aromatic carbocycles. The summed E-state index contributed by atoms with van der Waals surface area (Å²) in [6, 6.07) is 0. The highest BCUT2D eigenvalue weighted by Crippen LogP contribution is 2.30. The third-order valence-corrected chi connectivity index (χ3v) is 3.63. The van der Waals surface area contributed by atoms with Crippen LogP contribution in [0.15, 0.2) is 49.1 Å². The molecule has 1 fully saturated rings. The Morgan fingerprint density at radius 1 is 1.20 bits per heavy atom. The molecule has 1 rings (SSSR count). The van der Waals surface area contributed by atoms with Crippen LogP contribution in [0, 0.1) is 5.41 Å². The molecule has 114 valence electrons. The quantitative estimate of drug-likeness (QED) is 0.743. The van der Waals surface area contributed by atoms with Gasteiger partial charge in [0.05, 0.1) is 0 Å². The van der Waals surface area contributed by atoms with Gasteiger partial charge in [-0.3, -0.25) is 4.90 Å². The minimum atomic E-state index is 0.121. The van der Waals surface area contributed by atoms with Crippen molar-refractivity contribution < 1.29 is 5.11 Å². The van der Waals surface area contributed by atoms with Crippen LogP contribution in [-0.2, 0) is 0 Å². The molecule has 0 unspecified atom stereocenters. The normalized spacial score (nSPS) is 19.3. The van der Waals surface area contributed by atoms with E-state index < -0.39 is 0 Å². The van der Waals surface area contributed by atoms with Crippen LogP contribution in [0.5, 0.6) is 0 Å². The molecule has 0 spiro atoms. The largest absolute Gasteiger partial charge is 0.396 e. The molecule has 2 nitrogen and oxygen atoms in total. The van der Waals surface area contributed by atoms with E-state index in [9.17, 15) is 5.11 Å². The first-order valence-corrected chi connectivity index (χ1v) is 7.57. The van der Waals surface area contributed by atoms with Gasteiger partial charge >= 0.3 is 0 Å². The number of aliphatic hydroxyl groups excluding tert-OH is 1. The number of rotatable bonds is 6. The number of nitrogens with zero attached hydrogens (tertiary/aromatic N) is 1. The molecule has 1 aliphatic rings. The Hall–Kier alpha value is -1.12. The fourth-order valence-electron chi connectivity index (χ4n) is 2.17. The average Bonchev–Trinajstić information content (AvgIpc) is 2.49. The van der Waals surface area contributed by atoms with Gasteiger partial charge in [0.25, 0.3) is 0 Å². The van der Waals surface area contributed by atoms with Crippen LogP contribution in [0.4, 0.5) is 0 Å². The SMILES string of the molecule is C=C/C=C\C(=C/C=C)CN1CCC(C)(CO)CC1.CC. The van der Waals surface area contributed by atoms with Gasteiger partial charge in [-0.2, -0.15) is 0 Å². The van der Waals surface area contributed by atoms with Gasteiger partial charge in [0.1, 0.15) is 0 Å². The van der Waals surface area contributed by atoms with E-state index in [1.165, 1.54) is 5.57 Å². The smallest absolute Gasteiger partial charge is 0.0485 e. The van der Waals surface area contributed by atoms with Crippen LogP contribution in [0.25, 0.3) is 0 Å². The van der Waals surface area contributed by atoms with Gasteiger partial charge in [0, 0.05) is 13.2 Å². The maximum absolute atomic E-state index is 9.35. The van der Waals surface area contributed by atoms with Crippen LogP contribution in [0.1, 0.15) is 33.6 Å². The topological polar surface area (TPSA) is 23.5 Å². The molecule has 0 atom stereocenters. The van der Waals surface area contributed by atoms with Gasteiger partial charge in [-0.25, -0.2) is 0 Å². The second kappa shape index (κ2) is 10.6. The Morgan fingerprint density at radius 3 is 2.25 bits per heavy atom. The Bertz CT molecular complexity index is 333. The Morgan fingerprint density at radius 2 is 1.80 bits per heavy atom. The first kappa shape index (κ1) is 18.9. The summed E-state index contributed by atoms with van der Waals surface area (Å²) in [7, 11) is 0. The van der Waals surface area contributed by atoms with Crippen LogP contribution in [-0.4, -0.2) is 36.2 Å². The van der Waals surface area contributed by atoms with Crippen molar-refractivity contribution in [2.45, 2.75) is 33.6 Å². The lowest BCUT2D eigenvalue weighted by atomic mass is 9.81. The van der Waals surface area contributed by atoms with Gasteiger partial charge in [-0.1, -0.05) is 64.3 Å². The number of piperidine rings is 1. The molecule has 1 heterocycles. The standard InChI is InChI=1S/C16H25NO.C2H6/c1-4-6-8-15(7-5-2)13-17-11-9-16(3,14-18)10-12-17;1-2/h4-8,18H,1-2,9-14H2,3H3;1-2H3/b8-6-,15-7+;. The lowest BCUT2D eigenvalue weighted by Crippen LogP contribution is -2.41. The van der Waals surface area contributed by atoms with Crippen molar-refractivity contribution in [1.82, 2.24) is 4.90 Å². The lowest BCUT2D eigenvalue weighted by Gasteiger charge is -2.38. The van der Waals surface area contributed by atoms with Gasteiger partial charge in [0.15, 0.2) is 0 Å². The molecule has 0 aromatic heterocycles. The van der Waals surface area contributed by atoms with Crippen molar-refractivity contribution in [3.05, 3.63) is 49.1 Å². The maximum atomic E-state index is 9.35. The molecule has 2 heteroatoms. The molecule has 0 radical (unpaired) electrons. The van der Waals surface area contributed by atoms with Crippen molar-refractivity contribution in [2.75, 3.05) is 26.2 Å². The average molecular weight is 277 g/mol. The highest BCUT2D eigenvalue weighted by molar-refractivity contribution is 5.26. The zero-order valence-electron chi connectivity index (χ0n) is 13.4. The van der Waals surface area contributed by atoms with Gasteiger partial charge < -0.3 is 5.11 Å². The van der Waals surface area contributed by atoms with Gasteiger partial charge in [0.2, 0.25) is 0 Å². The predicted octanol–water partition coefficient (Wildman–Crippen LogP) is 3.96. The van der Waals surface area contributed by atoms with Crippen molar-refractivity contribution in [1.29, 1.82) is 0 Å². The number of allylic oxidation sites excluding steroid dienone is 4. The molecule has 0 aliphatic carbocycles. The summed E-state index contributed by atoms with van der Waals surface area (Å²) in [5, 5.41) is 9.35. The van der Waals surface area contributed by atoms with Crippen LogP contribution in [0.3, 0.4) is 0 Å².